The van der Waals surface area contributed by atoms with E-state index in [-0.39, 0.29) is 6.42 Å². The van der Waals surface area contributed by atoms with Gasteiger partial charge in [0.05, 0.1) is 23.7 Å². The van der Waals surface area contributed by atoms with Crippen LogP contribution in [0.2, 0.25) is 0 Å². The molecule has 0 fully saturated rings. The van der Waals surface area contributed by atoms with E-state index < -0.39 is 29.9 Å². The van der Waals surface area contributed by atoms with E-state index in [0.717, 1.165) is 31.7 Å². The van der Waals surface area contributed by atoms with Gasteiger partial charge >= 0.3 is 12.1 Å². The van der Waals surface area contributed by atoms with Crippen LogP contribution in [0.15, 0.2) is 24.4 Å². The molecule has 1 aromatic rings. The van der Waals surface area contributed by atoms with Gasteiger partial charge in [-0.05, 0) is 30.0 Å². The van der Waals surface area contributed by atoms with Crippen molar-refractivity contribution in [3.8, 4) is 0 Å². The van der Waals surface area contributed by atoms with Crippen molar-refractivity contribution >= 4 is 11.7 Å². The predicted octanol–water partition coefficient (Wildman–Crippen LogP) is 4.62. The number of carbonyl (C=O) groups is 1. The van der Waals surface area contributed by atoms with Crippen molar-refractivity contribution < 1.29 is 23.1 Å². The number of nitrogens with one attached hydrogen (secondary N) is 2. The van der Waals surface area contributed by atoms with Crippen molar-refractivity contribution in [1.29, 1.82) is 0 Å². The van der Waals surface area contributed by atoms with Crippen LogP contribution >= 0.6 is 0 Å². The maximum absolute atomic E-state index is 13.6. The number of nitrogens with two attached hydrogens (primary N) is 1. The summed E-state index contributed by atoms with van der Waals surface area (Å²) in [4.78, 5) is 10.8. The molecule has 0 radical (unpaired) electrons. The number of hydrogen-bond acceptors (Lipinski definition) is 4. The monoisotopic (exact) mass is 427 g/mol. The summed E-state index contributed by atoms with van der Waals surface area (Å²) in [5, 5.41) is 14.7. The van der Waals surface area contributed by atoms with E-state index in [9.17, 15) is 18.0 Å². The average molecular weight is 428 g/mol. The summed E-state index contributed by atoms with van der Waals surface area (Å²) in [5.41, 5.74) is 6.38. The molecule has 30 heavy (non-hydrogen) atoms. The Bertz CT molecular complexity index is 735. The Labute approximate surface area is 175 Å². The fourth-order valence-electron chi connectivity index (χ4n) is 3.64. The first kappa shape index (κ1) is 24.1. The van der Waals surface area contributed by atoms with E-state index in [2.05, 4.69) is 17.6 Å². The third-order valence-electron chi connectivity index (χ3n) is 5.33. The van der Waals surface area contributed by atoms with Gasteiger partial charge in [-0.1, -0.05) is 57.6 Å². The van der Waals surface area contributed by atoms with E-state index in [1.807, 2.05) is 0 Å². The van der Waals surface area contributed by atoms with E-state index >= 15 is 0 Å². The third-order valence-corrected chi connectivity index (χ3v) is 5.33. The molecule has 1 heterocycles. The summed E-state index contributed by atoms with van der Waals surface area (Å²) in [5.74, 6) is -1.03. The molecule has 2 rings (SSSR count). The van der Waals surface area contributed by atoms with Gasteiger partial charge in [0.1, 0.15) is 6.17 Å². The van der Waals surface area contributed by atoms with Crippen molar-refractivity contribution in [3.63, 3.8) is 0 Å². The van der Waals surface area contributed by atoms with Crippen LogP contribution < -0.4 is 16.4 Å². The quantitative estimate of drug-likeness (QED) is 0.366. The molecule has 0 saturated heterocycles. The Balaban J connectivity index is 2.00. The van der Waals surface area contributed by atoms with Gasteiger partial charge in [-0.25, -0.2) is 0 Å². The largest absolute Gasteiger partial charge is 0.481 e. The highest BCUT2D eigenvalue weighted by Crippen LogP contribution is 2.35. The minimum absolute atomic E-state index is 0.253. The molecule has 5 N–H and O–H groups in total. The number of halogens is 3. The highest BCUT2D eigenvalue weighted by atomic mass is 19.4. The van der Waals surface area contributed by atoms with E-state index in [1.165, 1.54) is 25.5 Å². The Morgan fingerprint density at radius 1 is 1.17 bits per heavy atom. The standard InChI is InChI=1S/C22H32F3N3O2/c1-2-3-4-5-6-7-8-9-15-10-11-16(12-17(15)22(23,24)25)19-14-27-21(28-19)18(26)13-20(29)30/h10-12,14,18,21,27-28H,2-9,13,26H2,1H3,(H,29,30). The lowest BCUT2D eigenvalue weighted by molar-refractivity contribution is -0.138. The Hall–Kier alpha value is -2.22. The van der Waals surface area contributed by atoms with Gasteiger partial charge in [0.15, 0.2) is 0 Å². The summed E-state index contributed by atoms with van der Waals surface area (Å²) >= 11 is 0. The molecule has 0 aliphatic carbocycles. The molecule has 5 nitrogen and oxygen atoms in total. The van der Waals surface area contributed by atoms with Crippen LogP contribution in [0.5, 0.6) is 0 Å². The van der Waals surface area contributed by atoms with E-state index in [4.69, 9.17) is 10.8 Å². The van der Waals surface area contributed by atoms with Crippen molar-refractivity contribution in [2.45, 2.75) is 83.1 Å². The maximum atomic E-state index is 13.6. The molecule has 0 amide bonds. The molecular weight excluding hydrogens is 395 g/mol. The average Bonchev–Trinajstić information content (AvgIpc) is 3.16. The summed E-state index contributed by atoms with van der Waals surface area (Å²) < 4.78 is 40.9. The number of aliphatic carboxylic acids is 1. The van der Waals surface area contributed by atoms with Gasteiger partial charge in [0.2, 0.25) is 0 Å². The zero-order valence-corrected chi connectivity index (χ0v) is 17.4. The van der Waals surface area contributed by atoms with Crippen LogP contribution in [0.25, 0.3) is 5.70 Å². The van der Waals surface area contributed by atoms with Crippen LogP contribution in [0.1, 0.15) is 75.0 Å². The minimum Gasteiger partial charge on any atom is -0.481 e. The van der Waals surface area contributed by atoms with Gasteiger partial charge in [0, 0.05) is 6.20 Å². The Morgan fingerprint density at radius 3 is 2.47 bits per heavy atom. The molecule has 2 atom stereocenters. The number of carboxylic acids is 1. The number of aryl methyl sites for hydroxylation is 1. The van der Waals surface area contributed by atoms with Gasteiger partial charge in [-0.15, -0.1) is 0 Å². The topological polar surface area (TPSA) is 87.4 Å². The van der Waals surface area contributed by atoms with Gasteiger partial charge in [-0.2, -0.15) is 13.2 Å². The summed E-state index contributed by atoms with van der Waals surface area (Å²) in [7, 11) is 0. The SMILES string of the molecule is CCCCCCCCCc1ccc(C2=CNC(C(N)CC(=O)O)N2)cc1C(F)(F)F. The Morgan fingerprint density at radius 2 is 1.83 bits per heavy atom. The molecule has 0 saturated carbocycles. The van der Waals surface area contributed by atoms with Gasteiger partial charge in [-0.3, -0.25) is 4.79 Å². The normalized spacial score (nSPS) is 17.2. The number of carboxylic acid groups (broad SMARTS) is 1. The summed E-state index contributed by atoms with van der Waals surface area (Å²) in [6.07, 6.45) is 4.15. The lowest BCUT2D eigenvalue weighted by Gasteiger charge is -2.20. The first-order valence-electron chi connectivity index (χ1n) is 10.6. The second-order valence-electron chi connectivity index (χ2n) is 7.85. The van der Waals surface area contributed by atoms with Crippen molar-refractivity contribution in [2.24, 2.45) is 5.73 Å². The van der Waals surface area contributed by atoms with Crippen LogP contribution in [0, 0.1) is 0 Å². The fourth-order valence-corrected chi connectivity index (χ4v) is 3.64. The fraction of sp³-hybridized carbons (Fsp3) is 0.591. The van der Waals surface area contributed by atoms with Crippen molar-refractivity contribution in [2.75, 3.05) is 0 Å². The minimum atomic E-state index is -4.43. The number of alkyl halides is 3. The summed E-state index contributed by atoms with van der Waals surface area (Å²) in [6.45, 7) is 2.15. The Kier molecular flexibility index (Phi) is 9.02. The van der Waals surface area contributed by atoms with Crippen molar-refractivity contribution in [3.05, 3.63) is 41.1 Å². The molecule has 0 aromatic heterocycles. The van der Waals surface area contributed by atoms with Crippen LogP contribution in [0.4, 0.5) is 13.2 Å². The zero-order valence-electron chi connectivity index (χ0n) is 17.4. The zero-order chi connectivity index (χ0) is 22.1. The van der Waals surface area contributed by atoms with E-state index in [0.29, 0.717) is 23.2 Å². The number of benzene rings is 1. The highest BCUT2D eigenvalue weighted by Gasteiger charge is 2.34. The molecule has 1 aliphatic rings. The van der Waals surface area contributed by atoms with Crippen molar-refractivity contribution in [1.82, 2.24) is 10.6 Å². The molecule has 1 aliphatic heterocycles. The highest BCUT2D eigenvalue weighted by molar-refractivity contribution is 5.69. The van der Waals surface area contributed by atoms with Crippen LogP contribution in [-0.4, -0.2) is 23.3 Å². The number of rotatable bonds is 12. The van der Waals surface area contributed by atoms with Gasteiger partial charge in [0.25, 0.3) is 0 Å². The molecule has 1 aromatic carbocycles. The molecule has 2 unspecified atom stereocenters. The smallest absolute Gasteiger partial charge is 0.416 e. The van der Waals surface area contributed by atoms with Crippen LogP contribution in [0.3, 0.4) is 0 Å². The lowest BCUT2D eigenvalue weighted by Crippen LogP contribution is -2.49. The second-order valence-corrected chi connectivity index (χ2v) is 7.85. The summed E-state index contributed by atoms with van der Waals surface area (Å²) in [6, 6.07) is 3.65. The third kappa shape index (κ3) is 7.23. The van der Waals surface area contributed by atoms with E-state index in [1.54, 1.807) is 12.1 Å². The molecule has 0 bridgehead atoms. The predicted molar refractivity (Wildman–Crippen MR) is 111 cm³/mol. The first-order chi connectivity index (χ1) is 14.2. The second kappa shape index (κ2) is 11.2. The van der Waals surface area contributed by atoms with Crippen LogP contribution in [-0.2, 0) is 17.4 Å². The molecular formula is C22H32F3N3O2. The lowest BCUT2D eigenvalue weighted by atomic mass is 9.97. The first-order valence-corrected chi connectivity index (χ1v) is 10.6. The molecule has 0 spiro atoms. The number of unbranched alkanes of at least 4 members (excludes halogenated alkanes) is 6. The van der Waals surface area contributed by atoms with Gasteiger partial charge < -0.3 is 21.5 Å². The maximum Gasteiger partial charge on any atom is 0.416 e. The molecule has 8 heteroatoms. The molecule has 168 valence electrons. The number of hydrogen-bond donors (Lipinski definition) is 4.